The van der Waals surface area contributed by atoms with Crippen LogP contribution in [0, 0.1) is 10.1 Å². The van der Waals surface area contributed by atoms with Gasteiger partial charge in [0.1, 0.15) is 19.0 Å². The molecule has 1 fully saturated rings. The fourth-order valence-electron chi connectivity index (χ4n) is 4.46. The number of rotatable bonds is 4. The lowest BCUT2D eigenvalue weighted by Gasteiger charge is -2.23. The van der Waals surface area contributed by atoms with Gasteiger partial charge in [0.05, 0.1) is 26.8 Å². The van der Waals surface area contributed by atoms with Gasteiger partial charge in [-0.1, -0.05) is 22.9 Å². The van der Waals surface area contributed by atoms with Crippen LogP contribution in [0.4, 0.5) is 10.8 Å². The first-order chi connectivity index (χ1) is 18.3. The van der Waals surface area contributed by atoms with Crippen molar-refractivity contribution in [2.24, 2.45) is 0 Å². The van der Waals surface area contributed by atoms with E-state index in [0.29, 0.717) is 45.5 Å². The number of carbonyl (C=O) groups is 2. The second kappa shape index (κ2) is 9.12. The maximum Gasteiger partial charge on any atom is 0.301 e. The van der Waals surface area contributed by atoms with Crippen molar-refractivity contribution < 1.29 is 29.1 Å². The number of benzene rings is 3. The number of nitro benzene ring substituents is 1. The number of aliphatic hydroxyl groups excluding tert-OH is 1. The number of carbonyl (C=O) groups excluding carboxylic acids is 2. The molecule has 3 heterocycles. The van der Waals surface area contributed by atoms with E-state index in [-0.39, 0.29) is 22.0 Å². The third-order valence-electron chi connectivity index (χ3n) is 6.22. The predicted molar refractivity (Wildman–Crippen MR) is 140 cm³/mol. The lowest BCUT2D eigenvalue weighted by molar-refractivity contribution is -0.384. The number of anilines is 1. The number of nitro groups is 1. The number of aromatic nitrogens is 1. The molecule has 1 aromatic heterocycles. The number of fused-ring (bicyclic) bond motifs is 2. The van der Waals surface area contributed by atoms with E-state index < -0.39 is 28.4 Å². The standard InChI is InChI=1S/C26H16ClN3O7S/c27-15-4-7-17-20(12-15)38-26(28-17)29-22(13-1-5-16(6-2-13)30(34)35)21(24(32)25(29)33)23(31)14-3-8-18-19(11-14)37-10-9-36-18/h1-8,11-12,22,31H,9-10H2. The Hall–Kier alpha value is -4.48. The first-order valence-electron chi connectivity index (χ1n) is 11.3. The zero-order valence-electron chi connectivity index (χ0n) is 19.3. The summed E-state index contributed by atoms with van der Waals surface area (Å²) < 4.78 is 11.8. The molecule has 2 aliphatic rings. The molecular formula is C26H16ClN3O7S. The largest absolute Gasteiger partial charge is 0.507 e. The molecule has 4 aromatic rings. The summed E-state index contributed by atoms with van der Waals surface area (Å²) in [5.74, 6) is -1.34. The summed E-state index contributed by atoms with van der Waals surface area (Å²) in [6.45, 7) is 0.711. The first kappa shape index (κ1) is 23.9. The molecule has 1 atom stereocenters. The molecule has 0 bridgehead atoms. The quantitative estimate of drug-likeness (QED) is 0.120. The molecular weight excluding hydrogens is 534 g/mol. The molecule has 1 amide bonds. The smallest absolute Gasteiger partial charge is 0.301 e. The number of ether oxygens (including phenoxy) is 2. The fraction of sp³-hybridized carbons (Fsp3) is 0.115. The SMILES string of the molecule is O=C1C(=O)N(c2nc3ccc(Cl)cc3s2)C(c2ccc([N+](=O)[O-])cc2)C1=C(O)c1ccc2c(c1)OCCO2. The van der Waals surface area contributed by atoms with Crippen LogP contribution in [0.5, 0.6) is 11.5 Å². The van der Waals surface area contributed by atoms with Crippen molar-refractivity contribution in [1.29, 1.82) is 0 Å². The van der Waals surface area contributed by atoms with Crippen LogP contribution in [0.25, 0.3) is 16.0 Å². The Labute approximate surface area is 223 Å². The zero-order chi connectivity index (χ0) is 26.6. The number of ketones is 1. The van der Waals surface area contributed by atoms with Crippen molar-refractivity contribution >= 4 is 61.4 Å². The van der Waals surface area contributed by atoms with Crippen molar-refractivity contribution in [3.8, 4) is 11.5 Å². The average Bonchev–Trinajstić information content (AvgIpc) is 3.45. The van der Waals surface area contributed by atoms with E-state index in [1.165, 1.54) is 35.2 Å². The maximum absolute atomic E-state index is 13.4. The number of non-ortho nitro benzene ring substituents is 1. The number of hydrogen-bond acceptors (Lipinski definition) is 9. The topological polar surface area (TPSA) is 132 Å². The van der Waals surface area contributed by atoms with Gasteiger partial charge >= 0.3 is 5.91 Å². The lowest BCUT2D eigenvalue weighted by Crippen LogP contribution is -2.29. The number of amides is 1. The second-order valence-corrected chi connectivity index (χ2v) is 9.93. The Balaban J connectivity index is 1.53. The van der Waals surface area contributed by atoms with Crippen LogP contribution in [-0.4, -0.2) is 39.9 Å². The molecule has 0 spiro atoms. The van der Waals surface area contributed by atoms with E-state index >= 15 is 0 Å². The minimum Gasteiger partial charge on any atom is -0.507 e. The summed E-state index contributed by atoms with van der Waals surface area (Å²) >= 11 is 7.27. The summed E-state index contributed by atoms with van der Waals surface area (Å²) in [6.07, 6.45) is 0. The minimum absolute atomic E-state index is 0.160. The van der Waals surface area contributed by atoms with Gasteiger partial charge in [-0.2, -0.15) is 0 Å². The van der Waals surface area contributed by atoms with Crippen LogP contribution in [0.3, 0.4) is 0 Å². The molecule has 0 saturated carbocycles. The summed E-state index contributed by atoms with van der Waals surface area (Å²) in [7, 11) is 0. The zero-order valence-corrected chi connectivity index (χ0v) is 20.9. The van der Waals surface area contributed by atoms with Gasteiger partial charge in [0.15, 0.2) is 16.6 Å². The Kier molecular flexibility index (Phi) is 5.73. The van der Waals surface area contributed by atoms with Gasteiger partial charge in [-0.05, 0) is 54.1 Å². The van der Waals surface area contributed by atoms with Crippen molar-refractivity contribution in [2.75, 3.05) is 18.1 Å². The van der Waals surface area contributed by atoms with Crippen molar-refractivity contribution in [3.05, 3.63) is 92.5 Å². The third-order valence-corrected chi connectivity index (χ3v) is 7.48. The molecule has 0 radical (unpaired) electrons. The highest BCUT2D eigenvalue weighted by Gasteiger charge is 2.48. The van der Waals surface area contributed by atoms with E-state index in [2.05, 4.69) is 4.98 Å². The molecule has 1 saturated heterocycles. The molecule has 1 unspecified atom stereocenters. The van der Waals surface area contributed by atoms with E-state index in [1.807, 2.05) is 0 Å². The van der Waals surface area contributed by atoms with Gasteiger partial charge in [0.2, 0.25) is 0 Å². The highest BCUT2D eigenvalue weighted by atomic mass is 35.5. The predicted octanol–water partition coefficient (Wildman–Crippen LogP) is 5.26. The Bertz CT molecular complexity index is 1680. The van der Waals surface area contributed by atoms with E-state index in [9.17, 15) is 24.8 Å². The van der Waals surface area contributed by atoms with Crippen molar-refractivity contribution in [2.45, 2.75) is 6.04 Å². The number of hydrogen-bond donors (Lipinski definition) is 1. The van der Waals surface area contributed by atoms with Crippen LogP contribution < -0.4 is 14.4 Å². The van der Waals surface area contributed by atoms with Gasteiger partial charge in [-0.3, -0.25) is 24.6 Å². The van der Waals surface area contributed by atoms with Gasteiger partial charge in [-0.25, -0.2) is 4.98 Å². The van der Waals surface area contributed by atoms with Crippen LogP contribution in [0.1, 0.15) is 17.2 Å². The first-order valence-corrected chi connectivity index (χ1v) is 12.5. The third kappa shape index (κ3) is 3.92. The minimum atomic E-state index is -1.10. The molecule has 10 nitrogen and oxygen atoms in total. The number of Topliss-reactive ketones (excluding diaryl/α,β-unsaturated/α-hetero) is 1. The number of nitrogens with zero attached hydrogens (tertiary/aromatic N) is 3. The number of aliphatic hydroxyl groups is 1. The lowest BCUT2D eigenvalue weighted by atomic mass is 9.95. The Morgan fingerprint density at radius 3 is 2.53 bits per heavy atom. The summed E-state index contributed by atoms with van der Waals surface area (Å²) in [6, 6.07) is 14.1. The monoisotopic (exact) mass is 549 g/mol. The van der Waals surface area contributed by atoms with E-state index in [4.69, 9.17) is 21.1 Å². The summed E-state index contributed by atoms with van der Waals surface area (Å²) in [5.41, 5.74) is 0.858. The Morgan fingerprint density at radius 1 is 1.05 bits per heavy atom. The van der Waals surface area contributed by atoms with Crippen molar-refractivity contribution in [1.82, 2.24) is 4.98 Å². The molecule has 6 rings (SSSR count). The Morgan fingerprint density at radius 2 is 1.79 bits per heavy atom. The molecule has 12 heteroatoms. The highest BCUT2D eigenvalue weighted by Crippen LogP contribution is 2.45. The number of halogens is 1. The van der Waals surface area contributed by atoms with E-state index in [1.54, 1.807) is 30.3 Å². The number of thiazole rings is 1. The van der Waals surface area contributed by atoms with Crippen LogP contribution in [0.15, 0.2) is 66.2 Å². The van der Waals surface area contributed by atoms with Crippen LogP contribution in [-0.2, 0) is 9.59 Å². The van der Waals surface area contributed by atoms with Gasteiger partial charge < -0.3 is 14.6 Å². The molecule has 3 aromatic carbocycles. The second-order valence-electron chi connectivity index (χ2n) is 8.48. The van der Waals surface area contributed by atoms with E-state index in [0.717, 1.165) is 11.3 Å². The molecule has 0 aliphatic carbocycles. The average molecular weight is 550 g/mol. The molecule has 1 N–H and O–H groups in total. The fourth-order valence-corrected chi connectivity index (χ4v) is 5.73. The van der Waals surface area contributed by atoms with Gasteiger partial charge in [-0.15, -0.1) is 0 Å². The summed E-state index contributed by atoms with van der Waals surface area (Å²) in [5, 5.41) is 23.3. The molecule has 2 aliphatic heterocycles. The maximum atomic E-state index is 13.4. The highest BCUT2D eigenvalue weighted by molar-refractivity contribution is 7.22. The van der Waals surface area contributed by atoms with Crippen molar-refractivity contribution in [3.63, 3.8) is 0 Å². The van der Waals surface area contributed by atoms with Gasteiger partial charge in [0, 0.05) is 22.7 Å². The normalized spacial score (nSPS) is 18.2. The summed E-state index contributed by atoms with van der Waals surface area (Å²) in [4.78, 5) is 43.2. The van der Waals surface area contributed by atoms with Crippen LogP contribution in [0.2, 0.25) is 5.02 Å². The van der Waals surface area contributed by atoms with Gasteiger partial charge in [0.25, 0.3) is 11.5 Å². The molecule has 38 heavy (non-hydrogen) atoms. The molecule has 190 valence electrons. The van der Waals surface area contributed by atoms with Crippen LogP contribution >= 0.6 is 22.9 Å².